The molecule has 0 aliphatic rings. The Bertz CT molecular complexity index is 722. The summed E-state index contributed by atoms with van der Waals surface area (Å²) in [6.07, 6.45) is 1.78. The van der Waals surface area contributed by atoms with Crippen LogP contribution in [-0.4, -0.2) is 31.5 Å². The van der Waals surface area contributed by atoms with Gasteiger partial charge >= 0.3 is 0 Å². The van der Waals surface area contributed by atoms with E-state index in [0.29, 0.717) is 23.6 Å². The highest BCUT2D eigenvalue weighted by molar-refractivity contribution is 6.19. The van der Waals surface area contributed by atoms with Crippen LogP contribution in [0.5, 0.6) is 0 Å². The average Bonchev–Trinajstić information content (AvgIpc) is 2.79. The number of H-pyrrole nitrogens is 1. The molecule has 0 atom stereocenters. The molecule has 0 radical (unpaired) electrons. The molecule has 0 unspecified atom stereocenters. The van der Waals surface area contributed by atoms with Crippen LogP contribution < -0.4 is 10.9 Å². The van der Waals surface area contributed by atoms with E-state index in [4.69, 9.17) is 11.6 Å². The second-order valence-electron chi connectivity index (χ2n) is 4.88. The average molecular weight is 324 g/mol. The van der Waals surface area contributed by atoms with Crippen molar-refractivity contribution in [3.05, 3.63) is 33.9 Å². The Kier molecular flexibility index (Phi) is 5.32. The first-order valence-electron chi connectivity index (χ1n) is 7.06. The molecular formula is C14H18ClN5O2. The molecule has 2 aromatic heterocycles. The maximum atomic E-state index is 11.8. The van der Waals surface area contributed by atoms with Crippen molar-refractivity contribution in [1.29, 1.82) is 0 Å². The molecule has 22 heavy (non-hydrogen) atoms. The van der Waals surface area contributed by atoms with Gasteiger partial charge in [0.1, 0.15) is 5.82 Å². The van der Waals surface area contributed by atoms with Crippen molar-refractivity contribution in [2.45, 2.75) is 33.1 Å². The number of carbonyl (C=O) groups excluding carboxylic acids is 1. The summed E-state index contributed by atoms with van der Waals surface area (Å²) >= 11 is 5.56. The topological polar surface area (TPSA) is 92.7 Å². The van der Waals surface area contributed by atoms with Crippen molar-refractivity contribution in [1.82, 2.24) is 19.7 Å². The number of aryl methyl sites for hydroxylation is 2. The third kappa shape index (κ3) is 3.94. The number of aromatic amines is 1. The molecule has 1 amide bonds. The predicted octanol–water partition coefficient (Wildman–Crippen LogP) is 1.78. The van der Waals surface area contributed by atoms with E-state index in [1.165, 1.54) is 10.7 Å². The van der Waals surface area contributed by atoms with Gasteiger partial charge in [0.2, 0.25) is 11.9 Å². The summed E-state index contributed by atoms with van der Waals surface area (Å²) < 4.78 is 1.42. The normalized spacial score (nSPS) is 10.7. The highest BCUT2D eigenvalue weighted by Gasteiger charge is 2.13. The van der Waals surface area contributed by atoms with Crippen molar-refractivity contribution in [3.8, 4) is 5.95 Å². The molecule has 0 fully saturated rings. The molecule has 8 heteroatoms. The van der Waals surface area contributed by atoms with Crippen LogP contribution in [0, 0.1) is 6.92 Å². The molecule has 0 saturated heterocycles. The van der Waals surface area contributed by atoms with Crippen LogP contribution >= 0.6 is 11.6 Å². The van der Waals surface area contributed by atoms with Crippen molar-refractivity contribution in [3.63, 3.8) is 0 Å². The van der Waals surface area contributed by atoms with E-state index in [0.717, 1.165) is 6.42 Å². The number of nitrogens with one attached hydrogen (secondary N) is 2. The largest absolute Gasteiger partial charge is 0.310 e. The molecule has 0 aliphatic carbocycles. The minimum Gasteiger partial charge on any atom is -0.310 e. The SMILES string of the molecule is CCCc1cc(=O)[nH]c(-n2nc(C)cc2NC(=O)CCCl)n1. The van der Waals surface area contributed by atoms with Crippen LogP contribution in [0.4, 0.5) is 5.82 Å². The Labute approximate surface area is 132 Å². The van der Waals surface area contributed by atoms with E-state index in [9.17, 15) is 9.59 Å². The minimum atomic E-state index is -0.250. The molecule has 0 saturated carbocycles. The lowest BCUT2D eigenvalue weighted by Crippen LogP contribution is -2.19. The second-order valence-corrected chi connectivity index (χ2v) is 5.26. The van der Waals surface area contributed by atoms with Crippen molar-refractivity contribution in [2.75, 3.05) is 11.2 Å². The van der Waals surface area contributed by atoms with Gasteiger partial charge in [-0.25, -0.2) is 4.98 Å². The number of hydrogen-bond donors (Lipinski definition) is 2. The van der Waals surface area contributed by atoms with E-state index in [1.807, 2.05) is 6.92 Å². The first-order valence-corrected chi connectivity index (χ1v) is 7.60. The van der Waals surface area contributed by atoms with Crippen LogP contribution in [0.2, 0.25) is 0 Å². The number of halogens is 1. The third-order valence-corrected chi connectivity index (χ3v) is 3.10. The molecule has 118 valence electrons. The first-order chi connectivity index (χ1) is 10.5. The quantitative estimate of drug-likeness (QED) is 0.792. The smallest absolute Gasteiger partial charge is 0.252 e. The number of nitrogens with zero attached hydrogens (tertiary/aromatic N) is 3. The van der Waals surface area contributed by atoms with Crippen LogP contribution in [0.1, 0.15) is 31.2 Å². The van der Waals surface area contributed by atoms with Crippen molar-refractivity contribution < 1.29 is 4.79 Å². The van der Waals surface area contributed by atoms with Crippen LogP contribution in [0.15, 0.2) is 16.9 Å². The summed E-state index contributed by atoms with van der Waals surface area (Å²) in [5.74, 6) is 0.748. The Hall–Kier alpha value is -2.15. The number of amides is 1. The van der Waals surface area contributed by atoms with Crippen molar-refractivity contribution >= 4 is 23.3 Å². The summed E-state index contributed by atoms with van der Waals surface area (Å²) in [6, 6.07) is 3.17. The van der Waals surface area contributed by atoms with E-state index < -0.39 is 0 Å². The second kappa shape index (κ2) is 7.22. The van der Waals surface area contributed by atoms with E-state index in [-0.39, 0.29) is 29.7 Å². The number of hydrogen-bond acceptors (Lipinski definition) is 4. The highest BCUT2D eigenvalue weighted by Crippen LogP contribution is 2.14. The lowest BCUT2D eigenvalue weighted by atomic mass is 10.2. The molecular weight excluding hydrogens is 306 g/mol. The Morgan fingerprint density at radius 3 is 2.91 bits per heavy atom. The molecule has 0 aromatic carbocycles. The summed E-state index contributed by atoms with van der Waals surface area (Å²) in [5, 5.41) is 6.99. The third-order valence-electron chi connectivity index (χ3n) is 2.91. The molecule has 0 aliphatic heterocycles. The fourth-order valence-corrected chi connectivity index (χ4v) is 2.19. The van der Waals surface area contributed by atoms with Gasteiger partial charge in [0.25, 0.3) is 5.56 Å². The standard InChI is InChI=1S/C14H18ClN5O2/c1-3-4-10-8-13(22)18-14(16-10)20-11(7-9(2)19-20)17-12(21)5-6-15/h7-8H,3-6H2,1-2H3,(H,17,21)(H,16,18,22). The number of anilines is 1. The van der Waals surface area contributed by atoms with E-state index in [1.54, 1.807) is 13.0 Å². The molecule has 2 N–H and O–H groups in total. The van der Waals surface area contributed by atoms with Gasteiger partial charge in [-0.05, 0) is 13.3 Å². The maximum Gasteiger partial charge on any atom is 0.252 e. The van der Waals surface area contributed by atoms with Gasteiger partial charge in [-0.15, -0.1) is 11.6 Å². The number of aromatic nitrogens is 4. The molecule has 0 spiro atoms. The zero-order valence-corrected chi connectivity index (χ0v) is 13.3. The van der Waals surface area contributed by atoms with Gasteiger partial charge in [0.05, 0.1) is 5.69 Å². The Morgan fingerprint density at radius 1 is 1.45 bits per heavy atom. The maximum absolute atomic E-state index is 11.8. The summed E-state index contributed by atoms with van der Waals surface area (Å²) in [7, 11) is 0. The Morgan fingerprint density at radius 2 is 2.23 bits per heavy atom. The van der Waals surface area contributed by atoms with Crippen molar-refractivity contribution in [2.24, 2.45) is 0 Å². The molecule has 0 bridgehead atoms. The summed E-state index contributed by atoms with van der Waals surface area (Å²) in [5.41, 5.74) is 1.14. The van der Waals surface area contributed by atoms with Gasteiger partial charge in [0, 0.05) is 30.1 Å². The number of alkyl halides is 1. The fraction of sp³-hybridized carbons (Fsp3) is 0.429. The molecule has 2 aromatic rings. The first kappa shape index (κ1) is 16.2. The number of carbonyl (C=O) groups is 1. The zero-order chi connectivity index (χ0) is 16.1. The van der Waals surface area contributed by atoms with Gasteiger partial charge in [-0.1, -0.05) is 13.3 Å². The summed E-state index contributed by atoms with van der Waals surface area (Å²) in [6.45, 7) is 3.81. The minimum absolute atomic E-state index is 0.200. The van der Waals surface area contributed by atoms with Gasteiger partial charge in [-0.3, -0.25) is 14.6 Å². The Balaban J connectivity index is 2.40. The fourth-order valence-electron chi connectivity index (χ4n) is 2.02. The summed E-state index contributed by atoms with van der Waals surface area (Å²) in [4.78, 5) is 30.5. The highest BCUT2D eigenvalue weighted by atomic mass is 35.5. The molecule has 2 rings (SSSR count). The van der Waals surface area contributed by atoms with Crippen LogP contribution in [0.3, 0.4) is 0 Å². The van der Waals surface area contributed by atoms with Gasteiger partial charge in [0.15, 0.2) is 0 Å². The van der Waals surface area contributed by atoms with Crippen LogP contribution in [-0.2, 0) is 11.2 Å². The van der Waals surface area contributed by atoms with Gasteiger partial charge < -0.3 is 5.32 Å². The van der Waals surface area contributed by atoms with Crippen LogP contribution in [0.25, 0.3) is 5.95 Å². The number of rotatable bonds is 6. The molecule has 2 heterocycles. The van der Waals surface area contributed by atoms with E-state index in [2.05, 4.69) is 20.4 Å². The zero-order valence-electron chi connectivity index (χ0n) is 12.5. The monoisotopic (exact) mass is 323 g/mol. The van der Waals surface area contributed by atoms with Gasteiger partial charge in [-0.2, -0.15) is 9.78 Å². The van der Waals surface area contributed by atoms with E-state index >= 15 is 0 Å². The predicted molar refractivity (Wildman–Crippen MR) is 84.7 cm³/mol. The molecule has 7 nitrogen and oxygen atoms in total. The lowest BCUT2D eigenvalue weighted by molar-refractivity contribution is -0.115. The lowest BCUT2D eigenvalue weighted by Gasteiger charge is -2.08.